The van der Waals surface area contributed by atoms with Gasteiger partial charge in [-0.15, -0.1) is 0 Å². The van der Waals surface area contributed by atoms with Crippen LogP contribution in [-0.4, -0.2) is 60.2 Å². The standard InChI is InChI=1S/C20H28N4O2/c1-15-21-18-7-9-23(19(25)14-16-4-2-3-5-16)8-6-17(18)20(22-15)24-10-12-26-13-11-24/h2,4,16H,3,5-14H2,1H3. The minimum atomic E-state index is 0.284. The van der Waals surface area contributed by atoms with Gasteiger partial charge in [0, 0.05) is 44.6 Å². The zero-order chi connectivity index (χ0) is 17.9. The number of nitrogens with zero attached hydrogens (tertiary/aromatic N) is 4. The van der Waals surface area contributed by atoms with Gasteiger partial charge in [0.25, 0.3) is 0 Å². The number of amides is 1. The number of aryl methyl sites for hydroxylation is 1. The molecular weight excluding hydrogens is 328 g/mol. The molecule has 0 radical (unpaired) electrons. The van der Waals surface area contributed by atoms with E-state index in [-0.39, 0.29) is 5.91 Å². The molecule has 4 rings (SSSR count). The van der Waals surface area contributed by atoms with Crippen molar-refractivity contribution in [3.63, 3.8) is 0 Å². The van der Waals surface area contributed by atoms with Crippen LogP contribution in [0.1, 0.15) is 36.3 Å². The summed E-state index contributed by atoms with van der Waals surface area (Å²) in [5.74, 6) is 2.59. The highest BCUT2D eigenvalue weighted by Crippen LogP contribution is 2.27. The first kappa shape index (κ1) is 17.5. The van der Waals surface area contributed by atoms with Crippen molar-refractivity contribution >= 4 is 11.7 Å². The van der Waals surface area contributed by atoms with E-state index in [0.717, 1.165) is 82.4 Å². The van der Waals surface area contributed by atoms with Crippen molar-refractivity contribution < 1.29 is 9.53 Å². The van der Waals surface area contributed by atoms with Crippen LogP contribution >= 0.6 is 0 Å². The van der Waals surface area contributed by atoms with E-state index < -0.39 is 0 Å². The molecular formula is C20H28N4O2. The van der Waals surface area contributed by atoms with Crippen molar-refractivity contribution in [3.8, 4) is 0 Å². The minimum absolute atomic E-state index is 0.284. The van der Waals surface area contributed by atoms with Gasteiger partial charge in [-0.2, -0.15) is 0 Å². The molecule has 1 aromatic heterocycles. The van der Waals surface area contributed by atoms with Gasteiger partial charge in [-0.3, -0.25) is 4.79 Å². The molecule has 3 heterocycles. The number of hydrogen-bond donors (Lipinski definition) is 0. The van der Waals surface area contributed by atoms with Crippen LogP contribution in [0.4, 0.5) is 5.82 Å². The summed E-state index contributed by atoms with van der Waals surface area (Å²) >= 11 is 0. The normalized spacial score (nSPS) is 23.0. The molecule has 0 spiro atoms. The van der Waals surface area contributed by atoms with Crippen molar-refractivity contribution in [2.75, 3.05) is 44.3 Å². The third kappa shape index (κ3) is 3.75. The number of rotatable bonds is 3. The highest BCUT2D eigenvalue weighted by atomic mass is 16.5. The molecule has 26 heavy (non-hydrogen) atoms. The quantitative estimate of drug-likeness (QED) is 0.775. The van der Waals surface area contributed by atoms with Crippen LogP contribution in [0.25, 0.3) is 0 Å². The van der Waals surface area contributed by atoms with Gasteiger partial charge in [-0.05, 0) is 32.1 Å². The summed E-state index contributed by atoms with van der Waals surface area (Å²) in [5, 5.41) is 0. The zero-order valence-corrected chi connectivity index (χ0v) is 15.6. The molecule has 140 valence electrons. The fourth-order valence-electron chi connectivity index (χ4n) is 4.20. The lowest BCUT2D eigenvalue weighted by Gasteiger charge is -2.30. The van der Waals surface area contributed by atoms with E-state index in [2.05, 4.69) is 17.1 Å². The summed E-state index contributed by atoms with van der Waals surface area (Å²) in [5.41, 5.74) is 2.35. The Morgan fingerprint density at radius 2 is 2.00 bits per heavy atom. The molecule has 0 bridgehead atoms. The molecule has 1 aromatic rings. The number of morpholine rings is 1. The van der Waals surface area contributed by atoms with Gasteiger partial charge < -0.3 is 14.5 Å². The summed E-state index contributed by atoms with van der Waals surface area (Å²) in [4.78, 5) is 26.6. The van der Waals surface area contributed by atoms with E-state index in [1.807, 2.05) is 11.8 Å². The van der Waals surface area contributed by atoms with Crippen LogP contribution in [0, 0.1) is 12.8 Å². The summed E-state index contributed by atoms with van der Waals surface area (Å²) in [7, 11) is 0. The molecule has 1 fully saturated rings. The Bertz CT molecular complexity index is 697. The third-order valence-electron chi connectivity index (χ3n) is 5.65. The Kier molecular flexibility index (Phi) is 5.20. The van der Waals surface area contributed by atoms with Crippen LogP contribution in [0.3, 0.4) is 0 Å². The summed E-state index contributed by atoms with van der Waals surface area (Å²) in [6.45, 7) is 6.74. The molecule has 6 nitrogen and oxygen atoms in total. The largest absolute Gasteiger partial charge is 0.378 e. The molecule has 1 aliphatic carbocycles. The molecule has 1 amide bonds. The molecule has 0 aromatic carbocycles. The first-order valence-electron chi connectivity index (χ1n) is 9.84. The average Bonchev–Trinajstić information content (AvgIpc) is 3.06. The zero-order valence-electron chi connectivity index (χ0n) is 15.6. The van der Waals surface area contributed by atoms with Crippen LogP contribution in [0.15, 0.2) is 12.2 Å². The molecule has 3 aliphatic rings. The maximum Gasteiger partial charge on any atom is 0.223 e. The second-order valence-electron chi connectivity index (χ2n) is 7.47. The van der Waals surface area contributed by atoms with Crippen LogP contribution in [0.5, 0.6) is 0 Å². The summed E-state index contributed by atoms with van der Waals surface area (Å²) in [6, 6.07) is 0. The Balaban J connectivity index is 1.50. The van der Waals surface area contributed by atoms with Crippen molar-refractivity contribution in [2.45, 2.75) is 39.0 Å². The number of fused-ring (bicyclic) bond motifs is 1. The number of allylic oxidation sites excluding steroid dienone is 2. The Hall–Kier alpha value is -1.95. The monoisotopic (exact) mass is 356 g/mol. The van der Waals surface area contributed by atoms with Crippen molar-refractivity contribution in [2.24, 2.45) is 5.92 Å². The van der Waals surface area contributed by atoms with Gasteiger partial charge in [0.1, 0.15) is 11.6 Å². The van der Waals surface area contributed by atoms with E-state index in [1.54, 1.807) is 0 Å². The van der Waals surface area contributed by atoms with Gasteiger partial charge in [0.05, 0.1) is 18.9 Å². The first-order chi connectivity index (χ1) is 12.7. The summed E-state index contributed by atoms with van der Waals surface area (Å²) in [6.07, 6.45) is 8.94. The Morgan fingerprint density at radius 3 is 2.77 bits per heavy atom. The molecule has 6 heteroatoms. The highest BCUT2D eigenvalue weighted by Gasteiger charge is 2.26. The second-order valence-corrected chi connectivity index (χ2v) is 7.47. The first-order valence-corrected chi connectivity index (χ1v) is 9.84. The van der Waals surface area contributed by atoms with Crippen molar-refractivity contribution in [1.29, 1.82) is 0 Å². The maximum atomic E-state index is 12.7. The molecule has 1 saturated heterocycles. The number of hydrogen-bond acceptors (Lipinski definition) is 5. The smallest absolute Gasteiger partial charge is 0.223 e. The van der Waals surface area contributed by atoms with Crippen molar-refractivity contribution in [1.82, 2.24) is 14.9 Å². The minimum Gasteiger partial charge on any atom is -0.378 e. The lowest BCUT2D eigenvalue weighted by molar-refractivity contribution is -0.131. The predicted molar refractivity (Wildman–Crippen MR) is 100 cm³/mol. The number of ether oxygens (including phenoxy) is 1. The van der Waals surface area contributed by atoms with E-state index in [0.29, 0.717) is 12.3 Å². The SMILES string of the molecule is Cc1nc2c(c(N3CCOCC3)n1)CCN(C(=O)CC1C=CCC1)CC2. The van der Waals surface area contributed by atoms with Crippen LogP contribution in [-0.2, 0) is 22.4 Å². The van der Waals surface area contributed by atoms with Crippen molar-refractivity contribution in [3.05, 3.63) is 29.2 Å². The topological polar surface area (TPSA) is 58.6 Å². The number of carbonyl (C=O) groups excluding carboxylic acids is 1. The molecule has 0 saturated carbocycles. The van der Waals surface area contributed by atoms with E-state index in [4.69, 9.17) is 14.7 Å². The van der Waals surface area contributed by atoms with Gasteiger partial charge in [-0.25, -0.2) is 9.97 Å². The van der Waals surface area contributed by atoms with Crippen LogP contribution in [0.2, 0.25) is 0 Å². The average molecular weight is 356 g/mol. The lowest BCUT2D eigenvalue weighted by atomic mass is 10.0. The van der Waals surface area contributed by atoms with Gasteiger partial charge in [-0.1, -0.05) is 12.2 Å². The van der Waals surface area contributed by atoms with E-state index in [1.165, 1.54) is 5.56 Å². The summed E-state index contributed by atoms with van der Waals surface area (Å²) < 4.78 is 5.49. The Labute approximate surface area is 155 Å². The lowest BCUT2D eigenvalue weighted by Crippen LogP contribution is -2.38. The third-order valence-corrected chi connectivity index (χ3v) is 5.65. The molecule has 1 atom stereocenters. The fraction of sp³-hybridized carbons (Fsp3) is 0.650. The molecule has 2 aliphatic heterocycles. The number of carbonyl (C=O) groups is 1. The van der Waals surface area contributed by atoms with Gasteiger partial charge >= 0.3 is 0 Å². The molecule has 1 unspecified atom stereocenters. The molecule has 0 N–H and O–H groups in total. The maximum absolute atomic E-state index is 12.7. The fourth-order valence-corrected chi connectivity index (χ4v) is 4.20. The second kappa shape index (κ2) is 7.74. The number of aromatic nitrogens is 2. The van der Waals surface area contributed by atoms with Crippen LogP contribution < -0.4 is 4.90 Å². The number of anilines is 1. The predicted octanol–water partition coefficient (Wildman–Crippen LogP) is 1.91. The Morgan fingerprint density at radius 1 is 1.19 bits per heavy atom. The highest BCUT2D eigenvalue weighted by molar-refractivity contribution is 5.77. The van der Waals surface area contributed by atoms with Gasteiger partial charge in [0.15, 0.2) is 0 Å². The van der Waals surface area contributed by atoms with E-state index in [9.17, 15) is 4.79 Å². The van der Waals surface area contributed by atoms with E-state index >= 15 is 0 Å². The van der Waals surface area contributed by atoms with Gasteiger partial charge in [0.2, 0.25) is 5.91 Å².